The summed E-state index contributed by atoms with van der Waals surface area (Å²) < 4.78 is 0. The molecule has 1 N–H and O–H groups in total. The molecule has 2 heterocycles. The van der Waals surface area contributed by atoms with E-state index in [1.165, 1.54) is 37.1 Å². The van der Waals surface area contributed by atoms with E-state index in [0.29, 0.717) is 6.04 Å². The van der Waals surface area contributed by atoms with Crippen molar-refractivity contribution in [3.63, 3.8) is 0 Å². The quantitative estimate of drug-likeness (QED) is 0.853. The van der Waals surface area contributed by atoms with Crippen molar-refractivity contribution >= 4 is 11.8 Å². The van der Waals surface area contributed by atoms with E-state index in [1.54, 1.807) is 0 Å². The van der Waals surface area contributed by atoms with Crippen LogP contribution in [0.2, 0.25) is 0 Å². The third-order valence-electron chi connectivity index (χ3n) is 3.48. The van der Waals surface area contributed by atoms with Gasteiger partial charge in [0.25, 0.3) is 0 Å². The summed E-state index contributed by atoms with van der Waals surface area (Å²) in [5.74, 6) is 1.33. The van der Waals surface area contributed by atoms with Gasteiger partial charge >= 0.3 is 0 Å². The normalized spacial score (nSPS) is 21.7. The number of thioether (sulfide) groups is 1. The van der Waals surface area contributed by atoms with Gasteiger partial charge in [0, 0.05) is 29.6 Å². The summed E-state index contributed by atoms with van der Waals surface area (Å²) in [5.41, 5.74) is 1.22. The molecule has 1 saturated heterocycles. The Kier molecular flexibility index (Phi) is 6.01. The maximum Gasteiger partial charge on any atom is 0.0419 e. The van der Waals surface area contributed by atoms with Gasteiger partial charge in [0.2, 0.25) is 0 Å². The Hall–Kier alpha value is -0.540. The zero-order valence-corrected chi connectivity index (χ0v) is 12.1. The van der Waals surface area contributed by atoms with Gasteiger partial charge < -0.3 is 5.32 Å². The largest absolute Gasteiger partial charge is 0.312 e. The Morgan fingerprint density at radius 1 is 1.44 bits per heavy atom. The number of pyridine rings is 1. The van der Waals surface area contributed by atoms with Gasteiger partial charge in [-0.3, -0.25) is 4.98 Å². The van der Waals surface area contributed by atoms with Gasteiger partial charge in [-0.2, -0.15) is 11.8 Å². The Bertz CT molecular complexity index is 323. The van der Waals surface area contributed by atoms with Crippen LogP contribution in [0.4, 0.5) is 0 Å². The molecule has 2 nitrogen and oxygen atoms in total. The van der Waals surface area contributed by atoms with Crippen molar-refractivity contribution < 1.29 is 0 Å². The Morgan fingerprint density at radius 2 is 2.39 bits per heavy atom. The molecule has 3 heteroatoms. The summed E-state index contributed by atoms with van der Waals surface area (Å²) in [4.78, 5) is 4.47. The molecule has 1 aromatic rings. The molecule has 100 valence electrons. The fourth-order valence-corrected chi connectivity index (χ4v) is 3.92. The van der Waals surface area contributed by atoms with Crippen molar-refractivity contribution in [1.82, 2.24) is 10.3 Å². The first-order chi connectivity index (χ1) is 8.90. The zero-order valence-electron chi connectivity index (χ0n) is 11.3. The molecule has 0 bridgehead atoms. The summed E-state index contributed by atoms with van der Waals surface area (Å²) in [7, 11) is 0. The third-order valence-corrected chi connectivity index (χ3v) is 4.99. The number of hydrogen-bond donors (Lipinski definition) is 1. The third kappa shape index (κ3) is 4.29. The lowest BCUT2D eigenvalue weighted by molar-refractivity contribution is 0.458. The van der Waals surface area contributed by atoms with Crippen LogP contribution < -0.4 is 5.32 Å². The zero-order chi connectivity index (χ0) is 12.6. The van der Waals surface area contributed by atoms with Gasteiger partial charge in [-0.15, -0.1) is 0 Å². The van der Waals surface area contributed by atoms with Crippen LogP contribution in [0, 0.1) is 0 Å². The lowest BCUT2D eigenvalue weighted by atomic mass is 10.0. The number of aromatic nitrogens is 1. The van der Waals surface area contributed by atoms with Crippen molar-refractivity contribution in [2.45, 2.75) is 50.3 Å². The van der Waals surface area contributed by atoms with Gasteiger partial charge in [-0.1, -0.05) is 19.4 Å². The number of rotatable bonds is 6. The van der Waals surface area contributed by atoms with E-state index < -0.39 is 0 Å². The molecule has 1 aliphatic rings. The molecule has 0 saturated carbocycles. The minimum atomic E-state index is 0.588. The summed E-state index contributed by atoms with van der Waals surface area (Å²) in [6.07, 6.45) is 8.32. The lowest BCUT2D eigenvalue weighted by Gasteiger charge is -2.30. The van der Waals surface area contributed by atoms with E-state index in [0.717, 1.165) is 18.2 Å². The van der Waals surface area contributed by atoms with E-state index >= 15 is 0 Å². The van der Waals surface area contributed by atoms with E-state index in [9.17, 15) is 0 Å². The second-order valence-electron chi connectivity index (χ2n) is 4.99. The Labute approximate surface area is 115 Å². The van der Waals surface area contributed by atoms with Crippen LogP contribution in [-0.4, -0.2) is 28.6 Å². The summed E-state index contributed by atoms with van der Waals surface area (Å²) in [6.45, 7) is 3.35. The fourth-order valence-electron chi connectivity index (χ4n) is 2.49. The number of nitrogens with one attached hydrogen (secondary N) is 1. The molecule has 2 atom stereocenters. The Balaban J connectivity index is 1.95. The van der Waals surface area contributed by atoms with Crippen LogP contribution in [0.3, 0.4) is 0 Å². The molecule has 0 radical (unpaired) electrons. The SMILES string of the molecule is CCCNC(Cc1ccccn1)C1CCCCS1. The minimum absolute atomic E-state index is 0.588. The van der Waals surface area contributed by atoms with Crippen molar-refractivity contribution in [3.8, 4) is 0 Å². The fraction of sp³-hybridized carbons (Fsp3) is 0.667. The first-order valence-electron chi connectivity index (χ1n) is 7.15. The standard InChI is InChI=1S/C15H24N2S/c1-2-9-17-14(15-8-4-6-11-18-15)12-13-7-3-5-10-16-13/h3,5,7,10,14-15,17H,2,4,6,8-9,11-12H2,1H3. The van der Waals surface area contributed by atoms with Crippen molar-refractivity contribution in [2.24, 2.45) is 0 Å². The highest BCUT2D eigenvalue weighted by atomic mass is 32.2. The Morgan fingerprint density at radius 3 is 3.06 bits per heavy atom. The average molecular weight is 264 g/mol. The maximum atomic E-state index is 4.47. The van der Waals surface area contributed by atoms with Crippen molar-refractivity contribution in [2.75, 3.05) is 12.3 Å². The molecule has 0 amide bonds. The second kappa shape index (κ2) is 7.80. The average Bonchev–Trinajstić information content (AvgIpc) is 2.45. The van der Waals surface area contributed by atoms with E-state index in [1.807, 2.05) is 12.3 Å². The molecule has 1 aromatic heterocycles. The summed E-state index contributed by atoms with van der Waals surface area (Å²) in [5, 5.41) is 4.50. The molecule has 1 aliphatic heterocycles. The lowest BCUT2D eigenvalue weighted by Crippen LogP contribution is -2.41. The monoisotopic (exact) mass is 264 g/mol. The van der Waals surface area contributed by atoms with Crippen LogP contribution in [0.1, 0.15) is 38.3 Å². The van der Waals surface area contributed by atoms with Crippen molar-refractivity contribution in [1.29, 1.82) is 0 Å². The highest BCUT2D eigenvalue weighted by Crippen LogP contribution is 2.28. The van der Waals surface area contributed by atoms with E-state index in [4.69, 9.17) is 0 Å². The van der Waals surface area contributed by atoms with Gasteiger partial charge in [-0.05, 0) is 43.7 Å². The van der Waals surface area contributed by atoms with Gasteiger partial charge in [-0.25, -0.2) is 0 Å². The van der Waals surface area contributed by atoms with Gasteiger partial charge in [0.15, 0.2) is 0 Å². The van der Waals surface area contributed by atoms with Crippen LogP contribution in [-0.2, 0) is 6.42 Å². The number of nitrogens with zero attached hydrogens (tertiary/aromatic N) is 1. The molecule has 0 spiro atoms. The highest BCUT2D eigenvalue weighted by Gasteiger charge is 2.24. The smallest absolute Gasteiger partial charge is 0.0419 e. The summed E-state index contributed by atoms with van der Waals surface area (Å²) in [6, 6.07) is 6.82. The molecule has 18 heavy (non-hydrogen) atoms. The van der Waals surface area contributed by atoms with Crippen molar-refractivity contribution in [3.05, 3.63) is 30.1 Å². The van der Waals surface area contributed by atoms with Crippen LogP contribution >= 0.6 is 11.8 Å². The topological polar surface area (TPSA) is 24.9 Å². The first kappa shape index (κ1) is 13.9. The minimum Gasteiger partial charge on any atom is -0.312 e. The predicted molar refractivity (Wildman–Crippen MR) is 80.1 cm³/mol. The van der Waals surface area contributed by atoms with Gasteiger partial charge in [0.05, 0.1) is 0 Å². The molecule has 2 unspecified atom stereocenters. The van der Waals surface area contributed by atoms with E-state index in [-0.39, 0.29) is 0 Å². The molecule has 0 aromatic carbocycles. The highest BCUT2D eigenvalue weighted by molar-refractivity contribution is 8.00. The molecule has 2 rings (SSSR count). The molecule has 0 aliphatic carbocycles. The molecular weight excluding hydrogens is 240 g/mol. The predicted octanol–water partition coefficient (Wildman–Crippen LogP) is 3.28. The van der Waals surface area contributed by atoms with Gasteiger partial charge in [0.1, 0.15) is 0 Å². The maximum absolute atomic E-state index is 4.47. The van der Waals surface area contributed by atoms with Crippen LogP contribution in [0.15, 0.2) is 24.4 Å². The number of hydrogen-bond acceptors (Lipinski definition) is 3. The van der Waals surface area contributed by atoms with Crippen LogP contribution in [0.25, 0.3) is 0 Å². The molecular formula is C15H24N2S. The van der Waals surface area contributed by atoms with Crippen LogP contribution in [0.5, 0.6) is 0 Å². The molecule has 1 fully saturated rings. The van der Waals surface area contributed by atoms with E-state index in [2.05, 4.69) is 41.1 Å². The first-order valence-corrected chi connectivity index (χ1v) is 8.20. The summed E-state index contributed by atoms with van der Waals surface area (Å²) >= 11 is 2.15. The second-order valence-corrected chi connectivity index (χ2v) is 6.34.